The SMILES string of the molecule is COc1cc(-n2ccnc2C(F)(F)F)cnc1Br. The van der Waals surface area contributed by atoms with Crippen LogP contribution in [0.5, 0.6) is 5.75 Å². The number of rotatable bonds is 2. The molecule has 0 unspecified atom stereocenters. The third-order valence-corrected chi connectivity index (χ3v) is 2.78. The van der Waals surface area contributed by atoms with Crippen molar-refractivity contribution in [1.29, 1.82) is 0 Å². The molecule has 0 saturated heterocycles. The third kappa shape index (κ3) is 2.33. The Labute approximate surface area is 109 Å². The molecule has 18 heavy (non-hydrogen) atoms. The van der Waals surface area contributed by atoms with Crippen molar-refractivity contribution in [2.45, 2.75) is 6.18 Å². The molecule has 0 aromatic carbocycles. The summed E-state index contributed by atoms with van der Waals surface area (Å²) in [5.41, 5.74) is 0.222. The minimum Gasteiger partial charge on any atom is -0.494 e. The molecule has 0 aliphatic rings. The van der Waals surface area contributed by atoms with Gasteiger partial charge in [0.05, 0.1) is 19.0 Å². The normalized spacial score (nSPS) is 11.6. The van der Waals surface area contributed by atoms with Crippen molar-refractivity contribution in [3.63, 3.8) is 0 Å². The lowest BCUT2D eigenvalue weighted by molar-refractivity contribution is -0.145. The summed E-state index contributed by atoms with van der Waals surface area (Å²) in [4.78, 5) is 7.20. The average Bonchev–Trinajstić information content (AvgIpc) is 2.78. The van der Waals surface area contributed by atoms with Gasteiger partial charge in [-0.15, -0.1) is 0 Å². The number of hydrogen-bond acceptors (Lipinski definition) is 3. The molecule has 0 amide bonds. The van der Waals surface area contributed by atoms with Crippen LogP contribution in [-0.2, 0) is 6.18 Å². The largest absolute Gasteiger partial charge is 0.494 e. The molecule has 0 saturated carbocycles. The van der Waals surface area contributed by atoms with E-state index in [2.05, 4.69) is 25.9 Å². The van der Waals surface area contributed by atoms with Gasteiger partial charge in [-0.05, 0) is 15.9 Å². The Morgan fingerprint density at radius 1 is 1.33 bits per heavy atom. The Morgan fingerprint density at radius 3 is 2.67 bits per heavy atom. The first-order valence-corrected chi connectivity index (χ1v) is 5.53. The Morgan fingerprint density at radius 2 is 2.06 bits per heavy atom. The van der Waals surface area contributed by atoms with Gasteiger partial charge < -0.3 is 4.74 Å². The minimum absolute atomic E-state index is 0.222. The number of aromatic nitrogens is 3. The number of nitrogens with zero attached hydrogens (tertiary/aromatic N) is 3. The molecule has 2 aromatic rings. The predicted octanol–water partition coefficient (Wildman–Crippen LogP) is 3.06. The van der Waals surface area contributed by atoms with Crippen molar-refractivity contribution in [1.82, 2.24) is 14.5 Å². The molecule has 0 N–H and O–H groups in total. The monoisotopic (exact) mass is 321 g/mol. The van der Waals surface area contributed by atoms with E-state index < -0.39 is 12.0 Å². The molecule has 96 valence electrons. The van der Waals surface area contributed by atoms with Gasteiger partial charge in [-0.1, -0.05) is 0 Å². The van der Waals surface area contributed by atoms with E-state index in [0.29, 0.717) is 10.4 Å². The molecule has 0 bridgehead atoms. The van der Waals surface area contributed by atoms with Crippen LogP contribution in [0.1, 0.15) is 5.82 Å². The average molecular weight is 322 g/mol. The molecule has 2 rings (SSSR count). The summed E-state index contributed by atoms with van der Waals surface area (Å²) in [7, 11) is 1.41. The van der Waals surface area contributed by atoms with Gasteiger partial charge in [0.1, 0.15) is 4.60 Å². The van der Waals surface area contributed by atoms with Crippen LogP contribution in [0.3, 0.4) is 0 Å². The number of ether oxygens (including phenoxy) is 1. The lowest BCUT2D eigenvalue weighted by atomic mass is 10.4. The minimum atomic E-state index is -4.52. The van der Waals surface area contributed by atoms with E-state index in [1.807, 2.05) is 0 Å². The summed E-state index contributed by atoms with van der Waals surface area (Å²) in [5, 5.41) is 0. The first-order valence-electron chi connectivity index (χ1n) is 4.74. The van der Waals surface area contributed by atoms with Crippen molar-refractivity contribution in [3.05, 3.63) is 35.1 Å². The number of pyridine rings is 1. The van der Waals surface area contributed by atoms with E-state index >= 15 is 0 Å². The van der Waals surface area contributed by atoms with E-state index in [9.17, 15) is 13.2 Å². The molecule has 4 nitrogen and oxygen atoms in total. The zero-order valence-corrected chi connectivity index (χ0v) is 10.7. The van der Waals surface area contributed by atoms with E-state index in [0.717, 1.165) is 10.8 Å². The fourth-order valence-electron chi connectivity index (χ4n) is 1.41. The first kappa shape index (κ1) is 12.9. The van der Waals surface area contributed by atoms with Gasteiger partial charge in [-0.2, -0.15) is 13.2 Å². The highest BCUT2D eigenvalue weighted by Crippen LogP contribution is 2.31. The van der Waals surface area contributed by atoms with Gasteiger partial charge in [-0.25, -0.2) is 9.97 Å². The second kappa shape index (κ2) is 4.60. The van der Waals surface area contributed by atoms with Crippen LogP contribution in [0.4, 0.5) is 13.2 Å². The van der Waals surface area contributed by atoms with Crippen molar-refractivity contribution >= 4 is 15.9 Å². The predicted molar refractivity (Wildman–Crippen MR) is 60.6 cm³/mol. The van der Waals surface area contributed by atoms with E-state index in [-0.39, 0.29) is 5.69 Å². The van der Waals surface area contributed by atoms with Crippen LogP contribution in [0.25, 0.3) is 5.69 Å². The van der Waals surface area contributed by atoms with E-state index in [1.54, 1.807) is 0 Å². The summed E-state index contributed by atoms with van der Waals surface area (Å²) in [6.07, 6.45) is -0.933. The summed E-state index contributed by atoms with van der Waals surface area (Å²) >= 11 is 3.13. The molecular formula is C10H7BrF3N3O. The second-order valence-electron chi connectivity index (χ2n) is 3.31. The van der Waals surface area contributed by atoms with Crippen molar-refractivity contribution in [2.75, 3.05) is 7.11 Å². The summed E-state index contributed by atoms with van der Waals surface area (Å²) < 4.78 is 44.4. The Balaban J connectivity index is 2.53. The quantitative estimate of drug-likeness (QED) is 0.798. The number of imidazole rings is 1. The highest BCUT2D eigenvalue weighted by atomic mass is 79.9. The number of hydrogen-bond donors (Lipinski definition) is 0. The molecule has 0 radical (unpaired) electrons. The van der Waals surface area contributed by atoms with Gasteiger partial charge in [0.25, 0.3) is 0 Å². The standard InChI is InChI=1S/C10H7BrF3N3O/c1-18-7-4-6(5-16-8(7)11)17-3-2-15-9(17)10(12,13)14/h2-5H,1H3. The zero-order valence-electron chi connectivity index (χ0n) is 9.07. The van der Waals surface area contributed by atoms with Crippen molar-refractivity contribution in [3.8, 4) is 11.4 Å². The van der Waals surface area contributed by atoms with Crippen LogP contribution in [0, 0.1) is 0 Å². The third-order valence-electron chi connectivity index (χ3n) is 2.18. The van der Waals surface area contributed by atoms with E-state index in [1.165, 1.54) is 25.6 Å². The molecule has 0 aliphatic heterocycles. The molecular weight excluding hydrogens is 315 g/mol. The van der Waals surface area contributed by atoms with Crippen LogP contribution in [-0.4, -0.2) is 21.6 Å². The molecule has 2 aromatic heterocycles. The zero-order chi connectivity index (χ0) is 13.3. The highest BCUT2D eigenvalue weighted by Gasteiger charge is 2.36. The maximum atomic E-state index is 12.7. The van der Waals surface area contributed by atoms with Crippen molar-refractivity contribution in [2.24, 2.45) is 0 Å². The summed E-state index contributed by atoms with van der Waals surface area (Å²) in [5.74, 6) is -0.664. The van der Waals surface area contributed by atoms with Crippen LogP contribution in [0.15, 0.2) is 29.3 Å². The lowest BCUT2D eigenvalue weighted by Crippen LogP contribution is -2.13. The Kier molecular flexibility index (Phi) is 3.29. The number of halogens is 4. The topological polar surface area (TPSA) is 39.9 Å². The maximum absolute atomic E-state index is 12.7. The lowest BCUT2D eigenvalue weighted by Gasteiger charge is -2.11. The molecule has 2 heterocycles. The van der Waals surface area contributed by atoms with Gasteiger partial charge in [0.2, 0.25) is 5.82 Å². The van der Waals surface area contributed by atoms with Crippen LogP contribution in [0.2, 0.25) is 0 Å². The van der Waals surface area contributed by atoms with Gasteiger partial charge in [0, 0.05) is 18.5 Å². The van der Waals surface area contributed by atoms with Crippen molar-refractivity contribution < 1.29 is 17.9 Å². The van der Waals surface area contributed by atoms with Gasteiger partial charge in [-0.3, -0.25) is 4.57 Å². The van der Waals surface area contributed by atoms with E-state index in [4.69, 9.17) is 4.74 Å². The number of alkyl halides is 3. The second-order valence-corrected chi connectivity index (χ2v) is 4.06. The van der Waals surface area contributed by atoms with Gasteiger partial charge >= 0.3 is 6.18 Å². The molecule has 0 spiro atoms. The number of methoxy groups -OCH3 is 1. The fourth-order valence-corrected chi connectivity index (χ4v) is 1.79. The molecule has 8 heteroatoms. The smallest absolute Gasteiger partial charge is 0.450 e. The summed E-state index contributed by atoms with van der Waals surface area (Å²) in [6, 6.07) is 1.44. The van der Waals surface area contributed by atoms with Crippen LogP contribution < -0.4 is 4.74 Å². The Bertz CT molecular complexity index is 568. The van der Waals surface area contributed by atoms with Gasteiger partial charge in [0.15, 0.2) is 5.75 Å². The Hall–Kier alpha value is -1.57. The summed E-state index contributed by atoms with van der Waals surface area (Å²) in [6.45, 7) is 0. The van der Waals surface area contributed by atoms with Crippen LogP contribution >= 0.6 is 15.9 Å². The maximum Gasteiger partial charge on any atom is 0.450 e. The fraction of sp³-hybridized carbons (Fsp3) is 0.200. The highest BCUT2D eigenvalue weighted by molar-refractivity contribution is 9.10. The molecule has 0 aliphatic carbocycles. The molecule has 0 atom stereocenters. The molecule has 0 fully saturated rings. The first-order chi connectivity index (χ1) is 8.43.